The Labute approximate surface area is 156 Å². The molecule has 1 aliphatic heterocycles. The molecule has 0 bridgehead atoms. The van der Waals surface area contributed by atoms with Gasteiger partial charge >= 0.3 is 0 Å². The van der Waals surface area contributed by atoms with Crippen molar-refractivity contribution in [1.82, 2.24) is 14.9 Å². The zero-order valence-electron chi connectivity index (χ0n) is 14.9. The molecule has 0 saturated heterocycles. The van der Waals surface area contributed by atoms with E-state index < -0.39 is 0 Å². The Morgan fingerprint density at radius 1 is 1.19 bits per heavy atom. The fourth-order valence-electron chi connectivity index (χ4n) is 3.32. The average molecular weight is 361 g/mol. The Morgan fingerprint density at radius 2 is 1.96 bits per heavy atom. The molecule has 1 aliphatic rings. The Kier molecular flexibility index (Phi) is 4.24. The lowest BCUT2D eigenvalue weighted by Gasteiger charge is -2.28. The summed E-state index contributed by atoms with van der Waals surface area (Å²) in [5.41, 5.74) is 3.12. The number of carbonyl (C=O) groups is 1. The van der Waals surface area contributed by atoms with Crippen LogP contribution in [0.1, 0.15) is 27.2 Å². The summed E-state index contributed by atoms with van der Waals surface area (Å²) in [5.74, 6) is 0.539. The number of aryl methyl sites for hydroxylation is 1. The number of phenols is 1. The van der Waals surface area contributed by atoms with Crippen LogP contribution in [0, 0.1) is 6.92 Å². The molecular weight excluding hydrogens is 342 g/mol. The average Bonchev–Trinajstić information content (AvgIpc) is 2.69. The molecule has 4 rings (SSSR count). The number of benzene rings is 2. The summed E-state index contributed by atoms with van der Waals surface area (Å²) in [6.07, 6.45) is 0.468. The standard InChI is InChI=1S/C21H19N3O3/c1-13-11-15(7-8-18(13)25)21(27)24-10-9-16-17(12-24)22-19(23-20(16)26)14-5-3-2-4-6-14/h2-8,11,25H,9-10,12H2,1H3,(H,22,23,26). The summed E-state index contributed by atoms with van der Waals surface area (Å²) in [5, 5.41) is 9.66. The predicted molar refractivity (Wildman–Crippen MR) is 102 cm³/mol. The molecule has 2 aromatic carbocycles. The maximum absolute atomic E-state index is 12.8. The van der Waals surface area contributed by atoms with Crippen molar-refractivity contribution >= 4 is 5.91 Å². The number of nitrogens with one attached hydrogen (secondary N) is 1. The van der Waals surface area contributed by atoms with Gasteiger partial charge in [-0.1, -0.05) is 30.3 Å². The molecule has 0 saturated carbocycles. The second-order valence-electron chi connectivity index (χ2n) is 6.68. The number of nitrogens with zero attached hydrogens (tertiary/aromatic N) is 2. The number of hydrogen-bond donors (Lipinski definition) is 2. The zero-order chi connectivity index (χ0) is 19.0. The summed E-state index contributed by atoms with van der Waals surface area (Å²) in [6, 6.07) is 14.3. The van der Waals surface area contributed by atoms with Gasteiger partial charge in [0.2, 0.25) is 0 Å². The molecule has 27 heavy (non-hydrogen) atoms. The summed E-state index contributed by atoms with van der Waals surface area (Å²) in [6.45, 7) is 2.50. The first-order valence-corrected chi connectivity index (χ1v) is 8.79. The molecule has 0 aliphatic carbocycles. The van der Waals surface area contributed by atoms with Crippen LogP contribution < -0.4 is 5.56 Å². The predicted octanol–water partition coefficient (Wildman–Crippen LogP) is 2.65. The van der Waals surface area contributed by atoms with Crippen LogP contribution >= 0.6 is 0 Å². The molecule has 2 heterocycles. The Hall–Kier alpha value is -3.41. The van der Waals surface area contributed by atoms with Gasteiger partial charge in [-0.05, 0) is 37.1 Å². The van der Waals surface area contributed by atoms with Gasteiger partial charge in [-0.25, -0.2) is 4.98 Å². The van der Waals surface area contributed by atoms with Gasteiger partial charge < -0.3 is 15.0 Å². The molecule has 3 aromatic rings. The van der Waals surface area contributed by atoms with Crippen molar-refractivity contribution in [3.63, 3.8) is 0 Å². The molecule has 6 nitrogen and oxygen atoms in total. The van der Waals surface area contributed by atoms with Crippen molar-refractivity contribution in [3.05, 3.63) is 81.3 Å². The van der Waals surface area contributed by atoms with Crippen LogP contribution in [0.15, 0.2) is 53.3 Å². The maximum atomic E-state index is 12.8. The SMILES string of the molecule is Cc1cc(C(=O)N2CCc3c(nc(-c4ccccc4)[nH]c3=O)C2)ccc1O. The largest absolute Gasteiger partial charge is 0.508 e. The number of aromatic amines is 1. The highest BCUT2D eigenvalue weighted by Crippen LogP contribution is 2.22. The molecule has 1 aromatic heterocycles. The molecule has 2 N–H and O–H groups in total. The van der Waals surface area contributed by atoms with E-state index in [1.165, 1.54) is 6.07 Å². The van der Waals surface area contributed by atoms with E-state index in [1.807, 2.05) is 30.3 Å². The van der Waals surface area contributed by atoms with E-state index in [1.54, 1.807) is 24.0 Å². The fraction of sp³-hybridized carbons (Fsp3) is 0.190. The van der Waals surface area contributed by atoms with Gasteiger partial charge in [0.25, 0.3) is 11.5 Å². The molecular formula is C21H19N3O3. The minimum atomic E-state index is -0.147. The molecule has 0 spiro atoms. The van der Waals surface area contributed by atoms with E-state index >= 15 is 0 Å². The molecule has 0 fully saturated rings. The Morgan fingerprint density at radius 3 is 2.70 bits per heavy atom. The van der Waals surface area contributed by atoms with Crippen molar-refractivity contribution in [2.24, 2.45) is 0 Å². The number of H-pyrrole nitrogens is 1. The number of fused-ring (bicyclic) bond motifs is 1. The van der Waals surface area contributed by atoms with E-state index in [0.29, 0.717) is 41.2 Å². The Bertz CT molecular complexity index is 1070. The second-order valence-corrected chi connectivity index (χ2v) is 6.68. The first-order chi connectivity index (χ1) is 13.0. The van der Waals surface area contributed by atoms with E-state index in [9.17, 15) is 14.7 Å². The number of aromatic nitrogens is 2. The summed E-state index contributed by atoms with van der Waals surface area (Å²) < 4.78 is 0. The van der Waals surface area contributed by atoms with Gasteiger partial charge in [0.15, 0.2) is 0 Å². The third-order valence-electron chi connectivity index (χ3n) is 4.85. The normalized spacial score (nSPS) is 13.3. The lowest BCUT2D eigenvalue weighted by atomic mass is 10.0. The molecule has 0 radical (unpaired) electrons. The van der Waals surface area contributed by atoms with Crippen molar-refractivity contribution in [3.8, 4) is 17.1 Å². The van der Waals surface area contributed by atoms with Crippen molar-refractivity contribution in [2.45, 2.75) is 19.9 Å². The first kappa shape index (κ1) is 17.0. The highest BCUT2D eigenvalue weighted by Gasteiger charge is 2.25. The van der Waals surface area contributed by atoms with Crippen molar-refractivity contribution in [2.75, 3.05) is 6.54 Å². The lowest BCUT2D eigenvalue weighted by Crippen LogP contribution is -2.39. The molecule has 136 valence electrons. The lowest BCUT2D eigenvalue weighted by molar-refractivity contribution is 0.0731. The van der Waals surface area contributed by atoms with Gasteiger partial charge in [-0.3, -0.25) is 9.59 Å². The number of aromatic hydroxyl groups is 1. The molecule has 1 amide bonds. The zero-order valence-corrected chi connectivity index (χ0v) is 14.9. The highest BCUT2D eigenvalue weighted by atomic mass is 16.3. The summed E-state index contributed by atoms with van der Waals surface area (Å²) in [4.78, 5) is 34.4. The van der Waals surface area contributed by atoms with Crippen LogP contribution in [0.25, 0.3) is 11.4 Å². The monoisotopic (exact) mass is 361 g/mol. The van der Waals surface area contributed by atoms with E-state index in [2.05, 4.69) is 9.97 Å². The molecule has 6 heteroatoms. The molecule has 0 atom stereocenters. The second kappa shape index (κ2) is 6.72. The van der Waals surface area contributed by atoms with Crippen LogP contribution in [0.4, 0.5) is 0 Å². The van der Waals surface area contributed by atoms with Crippen LogP contribution in [-0.4, -0.2) is 32.4 Å². The third-order valence-corrected chi connectivity index (χ3v) is 4.85. The summed E-state index contributed by atoms with van der Waals surface area (Å²) in [7, 11) is 0. The summed E-state index contributed by atoms with van der Waals surface area (Å²) >= 11 is 0. The van der Waals surface area contributed by atoms with Crippen molar-refractivity contribution in [1.29, 1.82) is 0 Å². The minimum absolute atomic E-state index is 0.132. The molecule has 0 unspecified atom stereocenters. The number of carbonyl (C=O) groups excluding carboxylic acids is 1. The quantitative estimate of drug-likeness (QED) is 0.735. The number of phenolic OH excluding ortho intramolecular Hbond substituents is 1. The van der Waals surface area contributed by atoms with Crippen molar-refractivity contribution < 1.29 is 9.90 Å². The van der Waals surface area contributed by atoms with Gasteiger partial charge in [-0.15, -0.1) is 0 Å². The van der Waals surface area contributed by atoms with E-state index in [4.69, 9.17) is 0 Å². The van der Waals surface area contributed by atoms with Crippen LogP contribution in [0.3, 0.4) is 0 Å². The number of amides is 1. The minimum Gasteiger partial charge on any atom is -0.508 e. The van der Waals surface area contributed by atoms with Crippen LogP contribution in [0.2, 0.25) is 0 Å². The van der Waals surface area contributed by atoms with E-state index in [0.717, 1.165) is 5.56 Å². The highest BCUT2D eigenvalue weighted by molar-refractivity contribution is 5.94. The fourth-order valence-corrected chi connectivity index (χ4v) is 3.32. The van der Waals surface area contributed by atoms with Gasteiger partial charge in [0.05, 0.1) is 12.2 Å². The maximum Gasteiger partial charge on any atom is 0.254 e. The number of rotatable bonds is 2. The smallest absolute Gasteiger partial charge is 0.254 e. The van der Waals surface area contributed by atoms with Gasteiger partial charge in [0.1, 0.15) is 11.6 Å². The third kappa shape index (κ3) is 3.21. The first-order valence-electron chi connectivity index (χ1n) is 8.79. The van der Waals surface area contributed by atoms with E-state index in [-0.39, 0.29) is 23.8 Å². The van der Waals surface area contributed by atoms with Gasteiger partial charge in [-0.2, -0.15) is 0 Å². The Balaban J connectivity index is 1.66. The van der Waals surface area contributed by atoms with Crippen LogP contribution in [-0.2, 0) is 13.0 Å². The number of hydrogen-bond acceptors (Lipinski definition) is 4. The van der Waals surface area contributed by atoms with Crippen LogP contribution in [0.5, 0.6) is 5.75 Å². The van der Waals surface area contributed by atoms with Gasteiger partial charge in [0, 0.05) is 23.2 Å². The topological polar surface area (TPSA) is 86.3 Å².